The molecule has 11 nitrogen and oxygen atoms in total. The lowest BCUT2D eigenvalue weighted by molar-refractivity contribution is 0.120. The van der Waals surface area contributed by atoms with E-state index in [0.717, 1.165) is 35.4 Å². The lowest BCUT2D eigenvalue weighted by Gasteiger charge is -2.33. The average molecular weight is 548 g/mol. The monoisotopic (exact) mass is 547 g/mol. The Kier molecular flexibility index (Phi) is 7.48. The zero-order valence-corrected chi connectivity index (χ0v) is 23.9. The van der Waals surface area contributed by atoms with Gasteiger partial charge in [-0.2, -0.15) is 4.98 Å². The van der Waals surface area contributed by atoms with E-state index in [1.54, 1.807) is 0 Å². The zero-order chi connectivity index (χ0) is 27.8. The maximum Gasteiger partial charge on any atom is 0.427 e. The van der Waals surface area contributed by atoms with Gasteiger partial charge in [-0.15, -0.1) is 5.48 Å². The SMILES string of the molecule is CC1CCC(Cn2c(N(C)C(C)c3ccccn3)nc3nc(C4NOC(=O)N4)nc(N[C@H](C)C4CCC4)c32)CC1. The third-order valence-corrected chi connectivity index (χ3v) is 9.20. The molecule has 3 aliphatic rings. The van der Waals surface area contributed by atoms with Gasteiger partial charge in [0.25, 0.3) is 0 Å². The summed E-state index contributed by atoms with van der Waals surface area (Å²) in [6, 6.07) is 6.27. The highest BCUT2D eigenvalue weighted by Gasteiger charge is 2.32. The van der Waals surface area contributed by atoms with Gasteiger partial charge in [0.2, 0.25) is 5.95 Å². The van der Waals surface area contributed by atoms with Gasteiger partial charge in [-0.05, 0) is 69.4 Å². The van der Waals surface area contributed by atoms with Crippen molar-refractivity contribution in [2.45, 2.75) is 90.5 Å². The quantitative estimate of drug-likeness (QED) is 0.336. The van der Waals surface area contributed by atoms with E-state index in [9.17, 15) is 4.79 Å². The smallest absolute Gasteiger partial charge is 0.365 e. The molecule has 214 valence electrons. The van der Waals surface area contributed by atoms with Crippen molar-refractivity contribution < 1.29 is 9.63 Å². The minimum Gasteiger partial charge on any atom is -0.365 e. The van der Waals surface area contributed by atoms with Gasteiger partial charge in [0.15, 0.2) is 23.5 Å². The molecule has 2 aliphatic carbocycles. The highest BCUT2D eigenvalue weighted by molar-refractivity contribution is 5.86. The molecule has 2 saturated carbocycles. The lowest BCUT2D eigenvalue weighted by Crippen LogP contribution is -2.32. The number of imidazole rings is 1. The number of amides is 1. The van der Waals surface area contributed by atoms with Gasteiger partial charge >= 0.3 is 6.09 Å². The zero-order valence-electron chi connectivity index (χ0n) is 23.9. The van der Waals surface area contributed by atoms with Crippen molar-refractivity contribution in [3.05, 3.63) is 35.9 Å². The second-order valence-corrected chi connectivity index (χ2v) is 12.0. The van der Waals surface area contributed by atoms with Crippen molar-refractivity contribution >= 4 is 29.0 Å². The number of fused-ring (bicyclic) bond motifs is 1. The molecule has 0 radical (unpaired) electrons. The minimum absolute atomic E-state index is 0.00469. The summed E-state index contributed by atoms with van der Waals surface area (Å²) in [6.07, 6.45) is 9.27. The fourth-order valence-electron chi connectivity index (χ4n) is 6.16. The summed E-state index contributed by atoms with van der Waals surface area (Å²) in [5, 5.41) is 6.47. The number of nitrogens with zero attached hydrogens (tertiary/aromatic N) is 6. The Labute approximate surface area is 235 Å². The molecular formula is C29H41N9O2. The van der Waals surface area contributed by atoms with Crippen LogP contribution < -0.4 is 21.0 Å². The molecule has 1 aliphatic heterocycles. The van der Waals surface area contributed by atoms with Gasteiger partial charge in [0.1, 0.15) is 5.52 Å². The van der Waals surface area contributed by atoms with Gasteiger partial charge < -0.3 is 19.6 Å². The molecule has 4 heterocycles. The standard InChI is InChI=1S/C29H41N9O2/c1-17-11-13-20(14-12-17)16-38-23-24(31-18(2)21-8-7-9-21)32-26(27-35-29(39)40-36-27)33-25(23)34-28(38)37(4)19(3)22-10-5-6-15-30-22/h5-6,10,15,17-21,27,36H,7-9,11-14,16H2,1-4H3,(H,35,39)(H,31,32,33)/t17?,18-,19?,20?,27?/m1/s1. The average Bonchev–Trinajstić information content (AvgIpc) is 3.52. The molecule has 6 rings (SSSR count). The highest BCUT2D eigenvalue weighted by Crippen LogP contribution is 2.37. The fourth-order valence-corrected chi connectivity index (χ4v) is 6.16. The summed E-state index contributed by atoms with van der Waals surface area (Å²) in [5.74, 6) is 3.98. The van der Waals surface area contributed by atoms with Gasteiger partial charge in [-0.3, -0.25) is 10.3 Å². The van der Waals surface area contributed by atoms with Gasteiger partial charge in [0.05, 0.1) is 11.7 Å². The summed E-state index contributed by atoms with van der Waals surface area (Å²) >= 11 is 0. The van der Waals surface area contributed by atoms with E-state index in [-0.39, 0.29) is 12.1 Å². The van der Waals surface area contributed by atoms with E-state index in [1.807, 2.05) is 18.3 Å². The third-order valence-electron chi connectivity index (χ3n) is 9.20. The molecule has 3 aromatic rings. The first-order valence-corrected chi connectivity index (χ1v) is 14.8. The molecule has 11 heteroatoms. The number of hydrogen-bond donors (Lipinski definition) is 3. The first kappa shape index (κ1) is 26.7. The molecule has 1 amide bonds. The molecule has 0 aromatic carbocycles. The summed E-state index contributed by atoms with van der Waals surface area (Å²) < 4.78 is 2.33. The van der Waals surface area contributed by atoms with Crippen molar-refractivity contribution in [3.8, 4) is 0 Å². The normalized spacial score (nSPS) is 24.7. The molecule has 0 bridgehead atoms. The Morgan fingerprint density at radius 3 is 2.58 bits per heavy atom. The van der Waals surface area contributed by atoms with Crippen molar-refractivity contribution in [3.63, 3.8) is 0 Å². The number of pyridine rings is 1. The van der Waals surface area contributed by atoms with Gasteiger partial charge in [-0.25, -0.2) is 14.8 Å². The van der Waals surface area contributed by atoms with Crippen LogP contribution in [0, 0.1) is 17.8 Å². The number of hydroxylamine groups is 1. The Morgan fingerprint density at radius 1 is 1.12 bits per heavy atom. The summed E-state index contributed by atoms with van der Waals surface area (Å²) in [5.41, 5.74) is 5.20. The van der Waals surface area contributed by atoms with Crippen molar-refractivity contribution in [2.24, 2.45) is 17.8 Å². The van der Waals surface area contributed by atoms with Crippen LogP contribution in [0.1, 0.15) is 89.4 Å². The molecule has 3 fully saturated rings. The lowest BCUT2D eigenvalue weighted by atomic mass is 9.80. The van der Waals surface area contributed by atoms with E-state index >= 15 is 0 Å². The predicted molar refractivity (Wildman–Crippen MR) is 153 cm³/mol. The van der Waals surface area contributed by atoms with E-state index in [1.165, 1.54) is 44.9 Å². The number of aromatic nitrogens is 5. The minimum atomic E-state index is -0.643. The number of anilines is 2. The van der Waals surface area contributed by atoms with Crippen LogP contribution in [-0.4, -0.2) is 43.7 Å². The van der Waals surface area contributed by atoms with Crippen LogP contribution in [0.4, 0.5) is 16.6 Å². The fraction of sp³-hybridized carbons (Fsp3) is 0.621. The predicted octanol–water partition coefficient (Wildman–Crippen LogP) is 5.09. The number of nitrogens with one attached hydrogen (secondary N) is 3. The maximum absolute atomic E-state index is 11.8. The second kappa shape index (κ2) is 11.2. The van der Waals surface area contributed by atoms with Crippen LogP contribution in [-0.2, 0) is 11.4 Å². The van der Waals surface area contributed by atoms with Crippen LogP contribution in [0.25, 0.3) is 11.2 Å². The molecule has 0 spiro atoms. The largest absolute Gasteiger partial charge is 0.427 e. The van der Waals surface area contributed by atoms with Crippen molar-refractivity contribution in [1.82, 2.24) is 35.3 Å². The van der Waals surface area contributed by atoms with E-state index in [0.29, 0.717) is 23.3 Å². The molecule has 3 N–H and O–H groups in total. The van der Waals surface area contributed by atoms with E-state index in [2.05, 4.69) is 64.4 Å². The van der Waals surface area contributed by atoms with Crippen LogP contribution >= 0.6 is 0 Å². The van der Waals surface area contributed by atoms with Crippen LogP contribution in [0.2, 0.25) is 0 Å². The first-order chi connectivity index (χ1) is 19.4. The number of hydrogen-bond acceptors (Lipinski definition) is 9. The van der Waals surface area contributed by atoms with Crippen LogP contribution in [0.15, 0.2) is 24.4 Å². The van der Waals surface area contributed by atoms with E-state index in [4.69, 9.17) is 19.8 Å². The molecular weight excluding hydrogens is 506 g/mol. The highest BCUT2D eigenvalue weighted by atomic mass is 16.7. The Morgan fingerprint density at radius 2 is 1.93 bits per heavy atom. The van der Waals surface area contributed by atoms with Crippen molar-refractivity contribution in [2.75, 3.05) is 17.3 Å². The molecule has 2 unspecified atom stereocenters. The second-order valence-electron chi connectivity index (χ2n) is 12.0. The summed E-state index contributed by atoms with van der Waals surface area (Å²) in [6.45, 7) is 7.60. The molecule has 3 atom stereocenters. The molecule has 40 heavy (non-hydrogen) atoms. The summed E-state index contributed by atoms with van der Waals surface area (Å²) in [4.78, 5) is 38.5. The third kappa shape index (κ3) is 5.31. The number of rotatable bonds is 9. The Bertz CT molecular complexity index is 1330. The number of carbonyl (C=O) groups is 1. The molecule has 1 saturated heterocycles. The van der Waals surface area contributed by atoms with Crippen LogP contribution in [0.5, 0.6) is 0 Å². The van der Waals surface area contributed by atoms with Gasteiger partial charge in [-0.1, -0.05) is 32.3 Å². The van der Waals surface area contributed by atoms with Crippen LogP contribution in [0.3, 0.4) is 0 Å². The Hall–Kier alpha value is -3.47. The van der Waals surface area contributed by atoms with Gasteiger partial charge in [0, 0.05) is 25.8 Å². The molecule has 3 aromatic heterocycles. The topological polar surface area (TPSA) is 122 Å². The van der Waals surface area contributed by atoms with E-state index < -0.39 is 12.3 Å². The van der Waals surface area contributed by atoms with Crippen molar-refractivity contribution in [1.29, 1.82) is 0 Å². The summed E-state index contributed by atoms with van der Waals surface area (Å²) in [7, 11) is 2.07. The first-order valence-electron chi connectivity index (χ1n) is 14.8. The Balaban J connectivity index is 1.45. The maximum atomic E-state index is 11.8. The number of carbonyl (C=O) groups excluding carboxylic acids is 1.